The van der Waals surface area contributed by atoms with Gasteiger partial charge in [0.1, 0.15) is 5.75 Å². The lowest BCUT2D eigenvalue weighted by Gasteiger charge is -2.21. The van der Waals surface area contributed by atoms with Crippen molar-refractivity contribution >= 4 is 17.7 Å². The Kier molecular flexibility index (Phi) is 7.19. The second-order valence-electron chi connectivity index (χ2n) is 6.10. The number of ether oxygens (including phenoxy) is 1. The standard InChI is InChI=1S/C20H25NO2S/c1-15(2)13-17(16-9-5-4-6-10-16)21-20(22)14-24-19-12-8-7-11-18(19)23-3/h4-12,15,17H,13-14H2,1-3H3,(H,21,22). The summed E-state index contributed by atoms with van der Waals surface area (Å²) >= 11 is 1.50. The second-order valence-corrected chi connectivity index (χ2v) is 7.12. The van der Waals surface area contributed by atoms with Crippen molar-refractivity contribution in [1.29, 1.82) is 0 Å². The summed E-state index contributed by atoms with van der Waals surface area (Å²) in [7, 11) is 1.65. The number of carbonyl (C=O) groups excluding carboxylic acids is 1. The van der Waals surface area contributed by atoms with Crippen molar-refractivity contribution < 1.29 is 9.53 Å². The van der Waals surface area contributed by atoms with Crippen LogP contribution in [0.4, 0.5) is 0 Å². The molecule has 1 atom stereocenters. The molecule has 0 heterocycles. The maximum atomic E-state index is 12.4. The van der Waals surface area contributed by atoms with Gasteiger partial charge in [-0.25, -0.2) is 0 Å². The Hall–Kier alpha value is -1.94. The maximum Gasteiger partial charge on any atom is 0.230 e. The molecule has 1 N–H and O–H groups in total. The fourth-order valence-corrected chi connectivity index (χ4v) is 3.39. The third-order valence-corrected chi connectivity index (χ3v) is 4.73. The first-order valence-electron chi connectivity index (χ1n) is 8.20. The Morgan fingerprint density at radius 1 is 1.08 bits per heavy atom. The SMILES string of the molecule is COc1ccccc1SCC(=O)NC(CC(C)C)c1ccccc1. The normalized spacial score (nSPS) is 12.0. The van der Waals surface area contributed by atoms with E-state index in [4.69, 9.17) is 4.74 Å². The van der Waals surface area contributed by atoms with E-state index < -0.39 is 0 Å². The molecule has 2 aromatic rings. The molecule has 0 bridgehead atoms. The molecule has 0 saturated carbocycles. The van der Waals surface area contributed by atoms with E-state index in [1.807, 2.05) is 42.5 Å². The quantitative estimate of drug-likeness (QED) is 0.707. The van der Waals surface area contributed by atoms with Gasteiger partial charge in [-0.3, -0.25) is 4.79 Å². The zero-order valence-corrected chi connectivity index (χ0v) is 15.3. The summed E-state index contributed by atoms with van der Waals surface area (Å²) in [4.78, 5) is 13.4. The van der Waals surface area contributed by atoms with Crippen LogP contribution in [0.1, 0.15) is 31.9 Å². The molecule has 0 radical (unpaired) electrons. The van der Waals surface area contributed by atoms with Crippen LogP contribution in [-0.2, 0) is 4.79 Å². The minimum Gasteiger partial charge on any atom is -0.496 e. The van der Waals surface area contributed by atoms with Crippen LogP contribution in [0.25, 0.3) is 0 Å². The van der Waals surface area contributed by atoms with Crippen molar-refractivity contribution in [3.05, 3.63) is 60.2 Å². The first kappa shape index (κ1) is 18.4. The lowest BCUT2D eigenvalue weighted by atomic mass is 9.97. The molecule has 2 aromatic carbocycles. The van der Waals surface area contributed by atoms with Gasteiger partial charge >= 0.3 is 0 Å². The predicted octanol–water partition coefficient (Wildman–Crippen LogP) is 4.69. The minimum atomic E-state index is 0.0420. The summed E-state index contributed by atoms with van der Waals surface area (Å²) < 4.78 is 5.33. The van der Waals surface area contributed by atoms with Crippen molar-refractivity contribution in [2.45, 2.75) is 31.2 Å². The first-order chi connectivity index (χ1) is 11.6. The maximum absolute atomic E-state index is 12.4. The van der Waals surface area contributed by atoms with E-state index in [9.17, 15) is 4.79 Å². The molecule has 0 saturated heterocycles. The summed E-state index contributed by atoms with van der Waals surface area (Å²) in [5.41, 5.74) is 1.15. The molecule has 24 heavy (non-hydrogen) atoms. The largest absolute Gasteiger partial charge is 0.496 e. The number of nitrogens with one attached hydrogen (secondary N) is 1. The van der Waals surface area contributed by atoms with Gasteiger partial charge in [-0.15, -0.1) is 11.8 Å². The Balaban J connectivity index is 1.97. The Bertz CT molecular complexity index is 643. The monoisotopic (exact) mass is 343 g/mol. The van der Waals surface area contributed by atoms with E-state index in [0.29, 0.717) is 11.7 Å². The average molecular weight is 343 g/mol. The Morgan fingerprint density at radius 2 is 1.75 bits per heavy atom. The van der Waals surface area contributed by atoms with E-state index in [1.54, 1.807) is 7.11 Å². The number of para-hydroxylation sites is 1. The van der Waals surface area contributed by atoms with E-state index >= 15 is 0 Å². The lowest BCUT2D eigenvalue weighted by Crippen LogP contribution is -2.30. The third-order valence-electron chi connectivity index (χ3n) is 3.67. The number of rotatable bonds is 8. The zero-order chi connectivity index (χ0) is 17.4. The van der Waals surface area contributed by atoms with Gasteiger partial charge in [-0.05, 0) is 30.0 Å². The minimum absolute atomic E-state index is 0.0420. The highest BCUT2D eigenvalue weighted by atomic mass is 32.2. The molecule has 0 spiro atoms. The molecule has 128 valence electrons. The molecule has 1 amide bonds. The number of carbonyl (C=O) groups is 1. The van der Waals surface area contributed by atoms with Gasteiger partial charge in [-0.2, -0.15) is 0 Å². The summed E-state index contributed by atoms with van der Waals surface area (Å²) in [6, 6.07) is 18.0. The van der Waals surface area contributed by atoms with Crippen molar-refractivity contribution in [2.75, 3.05) is 12.9 Å². The van der Waals surface area contributed by atoms with Gasteiger partial charge < -0.3 is 10.1 Å². The van der Waals surface area contributed by atoms with E-state index in [-0.39, 0.29) is 11.9 Å². The fourth-order valence-electron chi connectivity index (χ4n) is 2.55. The van der Waals surface area contributed by atoms with Crippen LogP contribution in [0, 0.1) is 5.92 Å². The van der Waals surface area contributed by atoms with Crippen LogP contribution in [-0.4, -0.2) is 18.8 Å². The van der Waals surface area contributed by atoms with E-state index in [1.165, 1.54) is 11.8 Å². The van der Waals surface area contributed by atoms with Gasteiger partial charge in [0.25, 0.3) is 0 Å². The highest BCUT2D eigenvalue weighted by molar-refractivity contribution is 8.00. The smallest absolute Gasteiger partial charge is 0.230 e. The molecule has 0 aliphatic heterocycles. The van der Waals surface area contributed by atoms with E-state index in [2.05, 4.69) is 31.3 Å². The van der Waals surface area contributed by atoms with Crippen molar-refractivity contribution in [3.8, 4) is 5.75 Å². The molecule has 1 unspecified atom stereocenters. The highest BCUT2D eigenvalue weighted by Crippen LogP contribution is 2.29. The van der Waals surface area contributed by atoms with Crippen molar-refractivity contribution in [1.82, 2.24) is 5.32 Å². The van der Waals surface area contributed by atoms with Gasteiger partial charge in [0.2, 0.25) is 5.91 Å². The summed E-state index contributed by atoms with van der Waals surface area (Å²) in [6.07, 6.45) is 0.926. The lowest BCUT2D eigenvalue weighted by molar-refractivity contribution is -0.119. The van der Waals surface area contributed by atoms with Crippen LogP contribution < -0.4 is 10.1 Å². The van der Waals surface area contributed by atoms with Crippen LogP contribution in [0.5, 0.6) is 5.75 Å². The zero-order valence-electron chi connectivity index (χ0n) is 14.5. The van der Waals surface area contributed by atoms with Crippen molar-refractivity contribution in [3.63, 3.8) is 0 Å². The molecule has 0 aromatic heterocycles. The molecule has 2 rings (SSSR count). The number of hydrogen-bond donors (Lipinski definition) is 1. The Morgan fingerprint density at radius 3 is 2.42 bits per heavy atom. The topological polar surface area (TPSA) is 38.3 Å². The van der Waals surface area contributed by atoms with Gasteiger partial charge in [0.05, 0.1) is 18.9 Å². The summed E-state index contributed by atoms with van der Waals surface area (Å²) in [5.74, 6) is 1.73. The van der Waals surface area contributed by atoms with Gasteiger partial charge in [0, 0.05) is 4.90 Å². The summed E-state index contributed by atoms with van der Waals surface area (Å²) in [6.45, 7) is 4.34. The molecular formula is C20H25NO2S. The van der Waals surface area contributed by atoms with Crippen LogP contribution in [0.15, 0.2) is 59.5 Å². The molecule has 3 nitrogen and oxygen atoms in total. The van der Waals surface area contributed by atoms with E-state index in [0.717, 1.165) is 22.6 Å². The predicted molar refractivity (Wildman–Crippen MR) is 100 cm³/mol. The second kappa shape index (κ2) is 9.38. The number of thioether (sulfide) groups is 1. The number of benzene rings is 2. The molecule has 0 aliphatic rings. The Labute approximate surface area is 148 Å². The fraction of sp³-hybridized carbons (Fsp3) is 0.350. The van der Waals surface area contributed by atoms with Crippen LogP contribution in [0.2, 0.25) is 0 Å². The third kappa shape index (κ3) is 5.60. The molecule has 0 aliphatic carbocycles. The van der Waals surface area contributed by atoms with Gasteiger partial charge in [-0.1, -0.05) is 56.3 Å². The first-order valence-corrected chi connectivity index (χ1v) is 9.19. The van der Waals surface area contributed by atoms with Crippen molar-refractivity contribution in [2.24, 2.45) is 5.92 Å². The molecular weight excluding hydrogens is 318 g/mol. The average Bonchev–Trinajstić information content (AvgIpc) is 2.60. The summed E-state index contributed by atoms with van der Waals surface area (Å²) in [5, 5.41) is 3.17. The van der Waals surface area contributed by atoms with Gasteiger partial charge in [0.15, 0.2) is 0 Å². The number of methoxy groups -OCH3 is 1. The molecule has 4 heteroatoms. The molecule has 0 fully saturated rings. The van der Waals surface area contributed by atoms with Crippen LogP contribution in [0.3, 0.4) is 0 Å². The number of amides is 1. The highest BCUT2D eigenvalue weighted by Gasteiger charge is 2.16. The number of hydrogen-bond acceptors (Lipinski definition) is 3. The van der Waals surface area contributed by atoms with Crippen LogP contribution >= 0.6 is 11.8 Å².